The SMILES string of the molecule is COC(=O)c1ccc2[nH]c3c(c2c1)CN(C(=O)CN1C(=O)[C@@H]2CCCC[C@H]2C1=O)CC3. The van der Waals surface area contributed by atoms with E-state index in [-0.39, 0.29) is 36.1 Å². The summed E-state index contributed by atoms with van der Waals surface area (Å²) < 4.78 is 4.82. The largest absolute Gasteiger partial charge is 0.465 e. The molecule has 0 spiro atoms. The summed E-state index contributed by atoms with van der Waals surface area (Å²) in [5.74, 6) is -1.48. The second kappa shape index (κ2) is 7.51. The maximum Gasteiger partial charge on any atom is 0.337 e. The Hall–Kier alpha value is -3.16. The number of ether oxygens (including phenoxy) is 1. The highest BCUT2D eigenvalue weighted by molar-refractivity contribution is 6.07. The van der Waals surface area contributed by atoms with Crippen LogP contribution in [0.2, 0.25) is 0 Å². The number of fused-ring (bicyclic) bond motifs is 4. The number of rotatable bonds is 3. The van der Waals surface area contributed by atoms with Crippen molar-refractivity contribution in [3.8, 4) is 0 Å². The van der Waals surface area contributed by atoms with Gasteiger partial charge in [-0.25, -0.2) is 4.79 Å². The third-order valence-corrected chi connectivity index (χ3v) is 6.97. The average molecular weight is 423 g/mol. The summed E-state index contributed by atoms with van der Waals surface area (Å²) in [6.45, 7) is 0.712. The number of carbonyl (C=O) groups excluding carboxylic acids is 4. The molecule has 2 fully saturated rings. The molecule has 0 bridgehead atoms. The van der Waals surface area contributed by atoms with Crippen molar-refractivity contribution in [2.24, 2.45) is 11.8 Å². The minimum atomic E-state index is -0.409. The summed E-state index contributed by atoms with van der Waals surface area (Å²) in [5, 5.41) is 0.884. The normalized spacial score (nSPS) is 23.1. The van der Waals surface area contributed by atoms with Gasteiger partial charge in [0.2, 0.25) is 17.7 Å². The molecule has 8 heteroatoms. The number of nitrogens with one attached hydrogen (secondary N) is 1. The Morgan fingerprint density at radius 3 is 2.52 bits per heavy atom. The highest BCUT2D eigenvalue weighted by Gasteiger charge is 2.48. The lowest BCUT2D eigenvalue weighted by atomic mass is 9.81. The van der Waals surface area contributed by atoms with E-state index in [0.29, 0.717) is 25.1 Å². The number of hydrogen-bond donors (Lipinski definition) is 1. The van der Waals surface area contributed by atoms with Gasteiger partial charge in [0.15, 0.2) is 0 Å². The minimum absolute atomic E-state index is 0.185. The zero-order valence-electron chi connectivity index (χ0n) is 17.5. The Balaban J connectivity index is 1.35. The molecule has 2 atom stereocenters. The molecule has 2 aliphatic heterocycles. The van der Waals surface area contributed by atoms with Crippen molar-refractivity contribution in [2.75, 3.05) is 20.2 Å². The van der Waals surface area contributed by atoms with Crippen molar-refractivity contribution in [2.45, 2.75) is 38.6 Å². The molecule has 3 heterocycles. The Bertz CT molecular complexity index is 1080. The predicted octanol–water partition coefficient (Wildman–Crippen LogP) is 2.01. The predicted molar refractivity (Wildman–Crippen MR) is 111 cm³/mol. The highest BCUT2D eigenvalue weighted by atomic mass is 16.5. The van der Waals surface area contributed by atoms with Crippen LogP contribution in [-0.4, -0.2) is 58.7 Å². The van der Waals surface area contributed by atoms with Gasteiger partial charge in [0.05, 0.1) is 24.5 Å². The van der Waals surface area contributed by atoms with E-state index in [4.69, 9.17) is 4.74 Å². The summed E-state index contributed by atoms with van der Waals surface area (Å²) in [4.78, 5) is 56.6. The molecule has 1 aliphatic carbocycles. The van der Waals surface area contributed by atoms with Gasteiger partial charge in [0.25, 0.3) is 0 Å². The van der Waals surface area contributed by atoms with Gasteiger partial charge in [-0.1, -0.05) is 12.8 Å². The Morgan fingerprint density at radius 2 is 1.84 bits per heavy atom. The number of esters is 1. The summed E-state index contributed by atoms with van der Waals surface area (Å²) in [6, 6.07) is 5.33. The number of likely N-dealkylation sites (tertiary alicyclic amines) is 1. The van der Waals surface area contributed by atoms with Gasteiger partial charge in [0.1, 0.15) is 6.54 Å². The molecule has 0 radical (unpaired) electrons. The van der Waals surface area contributed by atoms with Crippen LogP contribution in [0.3, 0.4) is 0 Å². The van der Waals surface area contributed by atoms with Crippen LogP contribution in [0.4, 0.5) is 0 Å². The molecule has 5 rings (SSSR count). The van der Waals surface area contributed by atoms with Crippen LogP contribution in [0.25, 0.3) is 10.9 Å². The van der Waals surface area contributed by atoms with E-state index in [1.54, 1.807) is 17.0 Å². The zero-order chi connectivity index (χ0) is 21.7. The number of methoxy groups -OCH3 is 1. The van der Waals surface area contributed by atoms with Gasteiger partial charge in [-0.3, -0.25) is 19.3 Å². The fourth-order valence-electron chi connectivity index (χ4n) is 5.29. The number of aromatic amines is 1. The summed E-state index contributed by atoms with van der Waals surface area (Å²) >= 11 is 0. The lowest BCUT2D eigenvalue weighted by molar-refractivity contribution is -0.146. The first-order valence-electron chi connectivity index (χ1n) is 10.8. The van der Waals surface area contributed by atoms with E-state index < -0.39 is 5.97 Å². The second-order valence-electron chi connectivity index (χ2n) is 8.66. The van der Waals surface area contributed by atoms with Crippen molar-refractivity contribution < 1.29 is 23.9 Å². The van der Waals surface area contributed by atoms with Gasteiger partial charge < -0.3 is 14.6 Å². The smallest absolute Gasteiger partial charge is 0.337 e. The fourth-order valence-corrected chi connectivity index (χ4v) is 5.29. The van der Waals surface area contributed by atoms with Crippen LogP contribution in [0.5, 0.6) is 0 Å². The highest BCUT2D eigenvalue weighted by Crippen LogP contribution is 2.38. The molecular formula is C23H25N3O5. The first-order chi connectivity index (χ1) is 15.0. The van der Waals surface area contributed by atoms with Crippen LogP contribution in [0.1, 0.15) is 47.3 Å². The first kappa shape index (κ1) is 19.8. The number of nitrogens with zero attached hydrogens (tertiary/aromatic N) is 2. The number of hydrogen-bond acceptors (Lipinski definition) is 5. The van der Waals surface area contributed by atoms with Crippen molar-refractivity contribution in [3.05, 3.63) is 35.0 Å². The minimum Gasteiger partial charge on any atom is -0.465 e. The standard InChI is InChI=1S/C23H25N3O5/c1-31-23(30)13-6-7-18-16(10-13)17-11-25(9-8-19(17)24-18)20(27)12-26-21(28)14-4-2-3-5-15(14)22(26)29/h6-7,10,14-15,24H,2-5,8-9,11-12H2,1H3/t14-,15-/m1/s1. The Morgan fingerprint density at radius 1 is 1.13 bits per heavy atom. The van der Waals surface area contributed by atoms with Gasteiger partial charge in [-0.15, -0.1) is 0 Å². The van der Waals surface area contributed by atoms with Gasteiger partial charge >= 0.3 is 5.97 Å². The molecule has 1 aromatic heterocycles. The lowest BCUT2D eigenvalue weighted by Crippen LogP contribution is -2.44. The topological polar surface area (TPSA) is 99.8 Å². The lowest BCUT2D eigenvalue weighted by Gasteiger charge is -2.28. The third kappa shape index (κ3) is 3.21. The first-order valence-corrected chi connectivity index (χ1v) is 10.8. The van der Waals surface area contributed by atoms with E-state index in [1.165, 1.54) is 12.0 Å². The third-order valence-electron chi connectivity index (χ3n) is 6.97. The second-order valence-corrected chi connectivity index (χ2v) is 8.66. The van der Waals surface area contributed by atoms with E-state index in [2.05, 4.69) is 4.98 Å². The monoisotopic (exact) mass is 423 g/mol. The average Bonchev–Trinajstić information content (AvgIpc) is 3.28. The van der Waals surface area contributed by atoms with Crippen molar-refractivity contribution in [1.82, 2.24) is 14.8 Å². The Labute approximate surface area is 179 Å². The van der Waals surface area contributed by atoms with E-state index in [0.717, 1.165) is 47.8 Å². The van der Waals surface area contributed by atoms with Crippen molar-refractivity contribution >= 4 is 34.6 Å². The van der Waals surface area contributed by atoms with Crippen LogP contribution in [0.15, 0.2) is 18.2 Å². The molecule has 1 saturated carbocycles. The van der Waals surface area contributed by atoms with Crippen LogP contribution < -0.4 is 0 Å². The number of amides is 3. The molecule has 1 saturated heterocycles. The summed E-state index contributed by atoms with van der Waals surface area (Å²) in [7, 11) is 1.34. The maximum absolute atomic E-state index is 13.0. The molecule has 3 amide bonds. The molecule has 0 unspecified atom stereocenters. The van der Waals surface area contributed by atoms with Gasteiger partial charge in [-0.05, 0) is 31.0 Å². The number of H-pyrrole nitrogens is 1. The number of carbonyl (C=O) groups is 4. The van der Waals surface area contributed by atoms with E-state index in [9.17, 15) is 19.2 Å². The maximum atomic E-state index is 13.0. The summed E-state index contributed by atoms with van der Waals surface area (Å²) in [5.41, 5.74) is 3.37. The number of imide groups is 1. The molecule has 31 heavy (non-hydrogen) atoms. The van der Waals surface area contributed by atoms with Crippen LogP contribution >= 0.6 is 0 Å². The zero-order valence-corrected chi connectivity index (χ0v) is 17.5. The van der Waals surface area contributed by atoms with E-state index in [1.807, 2.05) is 6.07 Å². The van der Waals surface area contributed by atoms with Gasteiger partial charge in [0, 0.05) is 41.7 Å². The number of aromatic nitrogens is 1. The molecule has 1 N–H and O–H groups in total. The van der Waals surface area contributed by atoms with Crippen LogP contribution in [0, 0.1) is 11.8 Å². The number of benzene rings is 1. The quantitative estimate of drug-likeness (QED) is 0.601. The van der Waals surface area contributed by atoms with Crippen LogP contribution in [-0.2, 0) is 32.1 Å². The van der Waals surface area contributed by atoms with E-state index >= 15 is 0 Å². The molecule has 3 aliphatic rings. The summed E-state index contributed by atoms with van der Waals surface area (Å²) in [6.07, 6.45) is 4.06. The fraction of sp³-hybridized carbons (Fsp3) is 0.478. The van der Waals surface area contributed by atoms with Crippen molar-refractivity contribution in [1.29, 1.82) is 0 Å². The Kier molecular flexibility index (Phi) is 4.79. The van der Waals surface area contributed by atoms with Gasteiger partial charge in [-0.2, -0.15) is 0 Å². The molecule has 8 nitrogen and oxygen atoms in total. The molecule has 162 valence electrons. The molecular weight excluding hydrogens is 398 g/mol. The van der Waals surface area contributed by atoms with Crippen molar-refractivity contribution in [3.63, 3.8) is 0 Å². The molecule has 2 aromatic rings. The molecule has 1 aromatic carbocycles.